The van der Waals surface area contributed by atoms with Crippen LogP contribution in [0, 0.1) is 0 Å². The van der Waals surface area contributed by atoms with E-state index < -0.39 is 5.97 Å². The van der Waals surface area contributed by atoms with Crippen molar-refractivity contribution in [2.45, 2.75) is 32.4 Å². The van der Waals surface area contributed by atoms with Gasteiger partial charge in [0.2, 0.25) is 5.76 Å². The van der Waals surface area contributed by atoms with Gasteiger partial charge in [0.05, 0.1) is 6.54 Å². The van der Waals surface area contributed by atoms with E-state index in [0.29, 0.717) is 5.76 Å². The van der Waals surface area contributed by atoms with Crippen molar-refractivity contribution in [1.29, 1.82) is 0 Å². The van der Waals surface area contributed by atoms with E-state index in [1.165, 1.54) is 6.07 Å². The van der Waals surface area contributed by atoms with Crippen molar-refractivity contribution in [1.82, 2.24) is 15.5 Å². The summed E-state index contributed by atoms with van der Waals surface area (Å²) in [6.45, 7) is 5.22. The molecule has 2 amide bonds. The Kier molecular flexibility index (Phi) is 5.21. The number of amides is 2. The summed E-state index contributed by atoms with van der Waals surface area (Å²) < 4.78 is 5.07. The van der Waals surface area contributed by atoms with Gasteiger partial charge in [-0.15, -0.1) is 0 Å². The Morgan fingerprint density at radius 3 is 2.95 bits per heavy atom. The van der Waals surface area contributed by atoms with Crippen LogP contribution < -0.4 is 10.6 Å². The van der Waals surface area contributed by atoms with E-state index in [2.05, 4.69) is 22.5 Å². The highest BCUT2D eigenvalue weighted by molar-refractivity contribution is 5.84. The van der Waals surface area contributed by atoms with Crippen molar-refractivity contribution in [3.05, 3.63) is 23.7 Å². The maximum absolute atomic E-state index is 11.8. The smallest absolute Gasteiger partial charge is 0.371 e. The standard InChI is InChI=1S/C14H21N3O4/c1-2-17-7-3-4-10(9-17)16-14(20)15-8-11-5-6-12(21-11)13(18)19/h5-6,10H,2-4,7-9H2,1H3,(H,18,19)(H2,15,16,20). The van der Waals surface area contributed by atoms with Crippen molar-refractivity contribution < 1.29 is 19.1 Å². The average Bonchev–Trinajstić information content (AvgIpc) is 2.94. The third-order valence-corrected chi connectivity index (χ3v) is 3.58. The lowest BCUT2D eigenvalue weighted by molar-refractivity contribution is 0.0660. The zero-order chi connectivity index (χ0) is 15.2. The molecule has 0 aromatic carbocycles. The lowest BCUT2D eigenvalue weighted by Gasteiger charge is -2.32. The predicted molar refractivity (Wildman–Crippen MR) is 76.2 cm³/mol. The number of nitrogens with zero attached hydrogens (tertiary/aromatic N) is 1. The second-order valence-electron chi connectivity index (χ2n) is 5.13. The van der Waals surface area contributed by atoms with Crippen molar-refractivity contribution in [2.75, 3.05) is 19.6 Å². The molecule has 1 aromatic heterocycles. The van der Waals surface area contributed by atoms with E-state index in [9.17, 15) is 9.59 Å². The highest BCUT2D eigenvalue weighted by atomic mass is 16.4. The number of nitrogens with one attached hydrogen (secondary N) is 2. The molecule has 0 saturated carbocycles. The zero-order valence-corrected chi connectivity index (χ0v) is 12.1. The highest BCUT2D eigenvalue weighted by Gasteiger charge is 2.20. The Hall–Kier alpha value is -2.02. The molecule has 2 rings (SSSR count). The van der Waals surface area contributed by atoms with Crippen molar-refractivity contribution in [3.8, 4) is 0 Å². The fraction of sp³-hybridized carbons (Fsp3) is 0.571. The van der Waals surface area contributed by atoms with Crippen LogP contribution in [-0.2, 0) is 6.54 Å². The topological polar surface area (TPSA) is 94.8 Å². The molecule has 21 heavy (non-hydrogen) atoms. The summed E-state index contributed by atoms with van der Waals surface area (Å²) in [5.74, 6) is -0.827. The molecule has 1 saturated heterocycles. The number of rotatable bonds is 5. The van der Waals surface area contributed by atoms with Crippen LogP contribution in [0.25, 0.3) is 0 Å². The van der Waals surface area contributed by atoms with Gasteiger partial charge in [0.25, 0.3) is 0 Å². The van der Waals surface area contributed by atoms with Crippen LogP contribution in [0.2, 0.25) is 0 Å². The van der Waals surface area contributed by atoms with E-state index in [4.69, 9.17) is 9.52 Å². The normalized spacial score (nSPS) is 19.2. The number of hydrogen-bond donors (Lipinski definition) is 3. The van der Waals surface area contributed by atoms with Crippen molar-refractivity contribution in [3.63, 3.8) is 0 Å². The number of carboxylic acids is 1. The van der Waals surface area contributed by atoms with E-state index >= 15 is 0 Å². The van der Waals surface area contributed by atoms with Crippen LogP contribution in [0.3, 0.4) is 0 Å². The summed E-state index contributed by atoms with van der Waals surface area (Å²) in [6.07, 6.45) is 2.06. The summed E-state index contributed by atoms with van der Waals surface area (Å²) in [7, 11) is 0. The van der Waals surface area contributed by atoms with Gasteiger partial charge in [-0.2, -0.15) is 0 Å². The number of carbonyl (C=O) groups excluding carboxylic acids is 1. The quantitative estimate of drug-likeness (QED) is 0.760. The Labute approximate surface area is 123 Å². The minimum atomic E-state index is -1.12. The highest BCUT2D eigenvalue weighted by Crippen LogP contribution is 2.10. The van der Waals surface area contributed by atoms with Crippen molar-refractivity contribution >= 4 is 12.0 Å². The Morgan fingerprint density at radius 2 is 2.29 bits per heavy atom. The van der Waals surface area contributed by atoms with Gasteiger partial charge in [-0.05, 0) is 38.1 Å². The molecule has 1 aliphatic rings. The monoisotopic (exact) mass is 295 g/mol. The van der Waals surface area contributed by atoms with E-state index in [1.807, 2.05) is 0 Å². The first-order valence-electron chi connectivity index (χ1n) is 7.17. The van der Waals surface area contributed by atoms with E-state index in [0.717, 1.165) is 32.5 Å². The van der Waals surface area contributed by atoms with Crippen LogP contribution in [0.5, 0.6) is 0 Å². The number of aromatic carboxylic acids is 1. The molecule has 1 unspecified atom stereocenters. The molecule has 0 radical (unpaired) electrons. The minimum Gasteiger partial charge on any atom is -0.475 e. The maximum Gasteiger partial charge on any atom is 0.371 e. The molecule has 116 valence electrons. The number of urea groups is 1. The van der Waals surface area contributed by atoms with Gasteiger partial charge in [0.1, 0.15) is 5.76 Å². The summed E-state index contributed by atoms with van der Waals surface area (Å²) in [5.41, 5.74) is 0. The molecule has 0 aliphatic carbocycles. The summed E-state index contributed by atoms with van der Waals surface area (Å²) >= 11 is 0. The second kappa shape index (κ2) is 7.12. The molecule has 1 aromatic rings. The maximum atomic E-state index is 11.8. The Bertz CT molecular complexity index is 500. The number of carbonyl (C=O) groups is 2. The van der Waals surface area contributed by atoms with Crippen LogP contribution in [-0.4, -0.2) is 47.7 Å². The van der Waals surface area contributed by atoms with E-state index in [1.54, 1.807) is 6.07 Å². The van der Waals surface area contributed by atoms with Gasteiger partial charge in [-0.1, -0.05) is 6.92 Å². The molecule has 7 nitrogen and oxygen atoms in total. The fourth-order valence-corrected chi connectivity index (χ4v) is 2.45. The molecular weight excluding hydrogens is 274 g/mol. The lowest BCUT2D eigenvalue weighted by Crippen LogP contribution is -2.50. The number of piperidine rings is 1. The van der Waals surface area contributed by atoms with E-state index in [-0.39, 0.29) is 24.4 Å². The largest absolute Gasteiger partial charge is 0.475 e. The Balaban J connectivity index is 1.75. The first-order chi connectivity index (χ1) is 10.1. The van der Waals surface area contributed by atoms with Gasteiger partial charge >= 0.3 is 12.0 Å². The number of likely N-dealkylation sites (tertiary alicyclic amines) is 1. The summed E-state index contributed by atoms with van der Waals surface area (Å²) in [6, 6.07) is 2.82. The number of furan rings is 1. The van der Waals surface area contributed by atoms with Crippen LogP contribution >= 0.6 is 0 Å². The fourth-order valence-electron chi connectivity index (χ4n) is 2.45. The van der Waals surface area contributed by atoms with Crippen LogP contribution in [0.15, 0.2) is 16.5 Å². The SMILES string of the molecule is CCN1CCCC(NC(=O)NCc2ccc(C(=O)O)o2)C1. The summed E-state index contributed by atoms with van der Waals surface area (Å²) in [4.78, 5) is 24.8. The van der Waals surface area contributed by atoms with Gasteiger partial charge in [0, 0.05) is 12.6 Å². The minimum absolute atomic E-state index is 0.127. The van der Waals surface area contributed by atoms with Gasteiger partial charge in [-0.25, -0.2) is 9.59 Å². The molecule has 0 bridgehead atoms. The van der Waals surface area contributed by atoms with Gasteiger partial charge < -0.3 is 25.1 Å². The zero-order valence-electron chi connectivity index (χ0n) is 12.1. The molecule has 2 heterocycles. The predicted octanol–water partition coefficient (Wildman–Crippen LogP) is 1.26. The first kappa shape index (κ1) is 15.4. The Morgan fingerprint density at radius 1 is 1.48 bits per heavy atom. The number of likely N-dealkylation sites (N-methyl/N-ethyl adjacent to an activating group) is 1. The molecule has 1 atom stereocenters. The molecule has 1 aliphatic heterocycles. The molecule has 1 fully saturated rings. The van der Waals surface area contributed by atoms with Crippen LogP contribution in [0.1, 0.15) is 36.1 Å². The van der Waals surface area contributed by atoms with Crippen LogP contribution in [0.4, 0.5) is 4.79 Å². The summed E-state index contributed by atoms with van der Waals surface area (Å²) in [5, 5.41) is 14.4. The number of carboxylic acid groups (broad SMARTS) is 1. The second-order valence-corrected chi connectivity index (χ2v) is 5.13. The number of hydrogen-bond acceptors (Lipinski definition) is 4. The average molecular weight is 295 g/mol. The van der Waals surface area contributed by atoms with Crippen molar-refractivity contribution in [2.24, 2.45) is 0 Å². The third kappa shape index (κ3) is 4.49. The lowest BCUT2D eigenvalue weighted by atomic mass is 10.1. The third-order valence-electron chi connectivity index (χ3n) is 3.58. The molecule has 3 N–H and O–H groups in total. The van der Waals surface area contributed by atoms with Gasteiger partial charge in [0.15, 0.2) is 0 Å². The molecule has 0 spiro atoms. The molecular formula is C14H21N3O4. The molecule has 7 heteroatoms. The first-order valence-corrected chi connectivity index (χ1v) is 7.17. The van der Waals surface area contributed by atoms with Gasteiger partial charge in [-0.3, -0.25) is 0 Å².